The van der Waals surface area contributed by atoms with Crippen molar-refractivity contribution < 1.29 is 13.2 Å². The fraction of sp³-hybridized carbons (Fsp3) is 0.200. The van der Waals surface area contributed by atoms with Crippen molar-refractivity contribution in [1.29, 1.82) is 0 Å². The molecule has 1 heterocycles. The number of rotatable bonds is 0. The quantitative estimate of drug-likeness (QED) is 0.624. The van der Waals surface area contributed by atoms with Gasteiger partial charge in [-0.05, 0) is 0 Å². The Morgan fingerprint density at radius 1 is 1.08 bits per heavy atom. The fourth-order valence-electron chi connectivity index (χ4n) is 0.578. The molecule has 0 aliphatic rings. The van der Waals surface area contributed by atoms with Crippen molar-refractivity contribution in [3.63, 3.8) is 0 Å². The second kappa shape index (κ2) is 3.06. The van der Waals surface area contributed by atoms with Crippen LogP contribution < -0.4 is 0 Å². The third kappa shape index (κ3) is 1.78. The lowest BCUT2D eigenvalue weighted by Crippen LogP contribution is -2.08. The number of hydrogen-bond acceptors (Lipinski definition) is 2. The van der Waals surface area contributed by atoms with Crippen LogP contribution in [0.1, 0.15) is 5.56 Å². The van der Waals surface area contributed by atoms with Crippen LogP contribution in [0.25, 0.3) is 0 Å². The standard InChI is InChI=1S/C5HCl2F3N2/c6-3-2(5(8,9)10)4(7)12-1-11-3/h1H. The smallest absolute Gasteiger partial charge is 0.224 e. The lowest BCUT2D eigenvalue weighted by molar-refractivity contribution is -0.137. The highest BCUT2D eigenvalue weighted by atomic mass is 35.5. The van der Waals surface area contributed by atoms with E-state index in [1.807, 2.05) is 0 Å². The first-order chi connectivity index (χ1) is 5.43. The van der Waals surface area contributed by atoms with Crippen molar-refractivity contribution >= 4 is 23.2 Å². The highest BCUT2D eigenvalue weighted by Gasteiger charge is 2.37. The van der Waals surface area contributed by atoms with E-state index in [0.717, 1.165) is 6.33 Å². The first-order valence-electron chi connectivity index (χ1n) is 2.66. The van der Waals surface area contributed by atoms with Gasteiger partial charge in [0.2, 0.25) is 0 Å². The zero-order valence-corrected chi connectivity index (χ0v) is 6.87. The van der Waals surface area contributed by atoms with Crippen LogP contribution in [0.15, 0.2) is 6.33 Å². The van der Waals surface area contributed by atoms with Gasteiger partial charge in [0.25, 0.3) is 0 Å². The predicted octanol–water partition coefficient (Wildman–Crippen LogP) is 2.80. The molecule has 2 nitrogen and oxygen atoms in total. The van der Waals surface area contributed by atoms with Crippen molar-refractivity contribution in [3.8, 4) is 0 Å². The molecule has 7 heteroatoms. The molecule has 0 fully saturated rings. The molecule has 0 amide bonds. The molecule has 66 valence electrons. The highest BCUT2D eigenvalue weighted by molar-refractivity contribution is 6.34. The molecule has 0 aromatic carbocycles. The Balaban J connectivity index is 3.31. The van der Waals surface area contributed by atoms with Crippen LogP contribution in [0.5, 0.6) is 0 Å². The van der Waals surface area contributed by atoms with E-state index >= 15 is 0 Å². The van der Waals surface area contributed by atoms with Crippen LogP contribution in [0.2, 0.25) is 10.3 Å². The van der Waals surface area contributed by atoms with Gasteiger partial charge in [0.1, 0.15) is 22.2 Å². The molecule has 0 aliphatic heterocycles. The van der Waals surface area contributed by atoms with Crippen molar-refractivity contribution in [2.24, 2.45) is 0 Å². The summed E-state index contributed by atoms with van der Waals surface area (Å²) in [6.07, 6.45) is -3.75. The van der Waals surface area contributed by atoms with E-state index in [-0.39, 0.29) is 0 Å². The highest BCUT2D eigenvalue weighted by Crippen LogP contribution is 2.36. The Bertz CT molecular complexity index is 279. The molecule has 0 spiro atoms. The maximum absolute atomic E-state index is 12.1. The molecule has 0 N–H and O–H groups in total. The first-order valence-corrected chi connectivity index (χ1v) is 3.41. The summed E-state index contributed by atoms with van der Waals surface area (Å²) in [4.78, 5) is 6.31. The largest absolute Gasteiger partial charge is 0.422 e. The molecule has 0 radical (unpaired) electrons. The van der Waals surface area contributed by atoms with E-state index in [1.165, 1.54) is 0 Å². The second-order valence-corrected chi connectivity index (χ2v) is 2.54. The molecule has 1 aromatic rings. The second-order valence-electron chi connectivity index (χ2n) is 1.83. The van der Waals surface area contributed by atoms with E-state index in [1.54, 1.807) is 0 Å². The molecule has 0 aliphatic carbocycles. The molecule has 0 unspecified atom stereocenters. The summed E-state index contributed by atoms with van der Waals surface area (Å²) in [5.41, 5.74) is -1.20. The minimum absolute atomic E-state index is 0.692. The number of aromatic nitrogens is 2. The molecule has 0 atom stereocenters. The van der Waals surface area contributed by atoms with Gasteiger partial charge < -0.3 is 0 Å². The normalized spacial score (nSPS) is 11.8. The van der Waals surface area contributed by atoms with Gasteiger partial charge in [-0.25, -0.2) is 9.97 Å². The van der Waals surface area contributed by atoms with E-state index < -0.39 is 22.0 Å². The van der Waals surface area contributed by atoms with E-state index in [4.69, 9.17) is 23.2 Å². The van der Waals surface area contributed by atoms with Crippen LogP contribution in [0.3, 0.4) is 0 Å². The average molecular weight is 217 g/mol. The van der Waals surface area contributed by atoms with Crippen molar-refractivity contribution in [3.05, 3.63) is 22.2 Å². The van der Waals surface area contributed by atoms with E-state index in [2.05, 4.69) is 9.97 Å². The lowest BCUT2D eigenvalue weighted by Gasteiger charge is -2.07. The molecule has 12 heavy (non-hydrogen) atoms. The predicted molar refractivity (Wildman–Crippen MR) is 37.1 cm³/mol. The van der Waals surface area contributed by atoms with Gasteiger partial charge >= 0.3 is 6.18 Å². The Labute approximate surface area is 75.3 Å². The number of hydrogen-bond donors (Lipinski definition) is 0. The maximum atomic E-state index is 12.1. The molecular weight excluding hydrogens is 216 g/mol. The first kappa shape index (κ1) is 9.54. The summed E-state index contributed by atoms with van der Waals surface area (Å²) >= 11 is 10.3. The molecule has 1 rings (SSSR count). The SMILES string of the molecule is FC(F)(F)c1c(Cl)ncnc1Cl. The van der Waals surface area contributed by atoms with Gasteiger partial charge in [-0.3, -0.25) is 0 Å². The van der Waals surface area contributed by atoms with E-state index in [9.17, 15) is 13.2 Å². The minimum atomic E-state index is -4.62. The van der Waals surface area contributed by atoms with Crippen LogP contribution in [0.4, 0.5) is 13.2 Å². The molecular formula is C5HCl2F3N2. The Hall–Kier alpha value is -0.550. The van der Waals surface area contributed by atoms with Crippen molar-refractivity contribution in [1.82, 2.24) is 9.97 Å². The van der Waals surface area contributed by atoms with Gasteiger partial charge in [0.15, 0.2) is 0 Å². The Kier molecular flexibility index (Phi) is 2.44. The summed E-state index contributed by atoms with van der Waals surface area (Å²) in [5.74, 6) is 0. The fourth-order valence-corrected chi connectivity index (χ4v) is 1.11. The number of halogens is 5. The van der Waals surface area contributed by atoms with Crippen molar-refractivity contribution in [2.75, 3.05) is 0 Å². The lowest BCUT2D eigenvalue weighted by atomic mass is 10.3. The summed E-state index contributed by atoms with van der Waals surface area (Å²) in [7, 11) is 0. The zero-order valence-electron chi connectivity index (χ0n) is 5.36. The maximum Gasteiger partial charge on any atom is 0.422 e. The van der Waals surface area contributed by atoms with Crippen LogP contribution in [0, 0.1) is 0 Å². The van der Waals surface area contributed by atoms with Gasteiger partial charge in [-0.2, -0.15) is 13.2 Å². The number of alkyl halides is 3. The topological polar surface area (TPSA) is 25.8 Å². The summed E-state index contributed by atoms with van der Waals surface area (Å²) in [5, 5.41) is -1.38. The molecule has 0 saturated carbocycles. The number of nitrogens with zero attached hydrogens (tertiary/aromatic N) is 2. The molecule has 1 aromatic heterocycles. The minimum Gasteiger partial charge on any atom is -0.224 e. The van der Waals surface area contributed by atoms with Gasteiger partial charge in [-0.15, -0.1) is 0 Å². The molecule has 0 saturated heterocycles. The molecule has 0 bridgehead atoms. The third-order valence-corrected chi connectivity index (χ3v) is 1.61. The van der Waals surface area contributed by atoms with Gasteiger partial charge in [0.05, 0.1) is 0 Å². The van der Waals surface area contributed by atoms with Gasteiger partial charge in [-0.1, -0.05) is 23.2 Å². The summed E-state index contributed by atoms with van der Waals surface area (Å²) in [6, 6.07) is 0. The Morgan fingerprint density at radius 3 is 1.75 bits per heavy atom. The zero-order chi connectivity index (χ0) is 9.35. The Morgan fingerprint density at radius 2 is 1.50 bits per heavy atom. The monoisotopic (exact) mass is 216 g/mol. The summed E-state index contributed by atoms with van der Waals surface area (Å²) < 4.78 is 36.2. The van der Waals surface area contributed by atoms with E-state index in [0.29, 0.717) is 0 Å². The third-order valence-electron chi connectivity index (χ3n) is 1.04. The van der Waals surface area contributed by atoms with Crippen LogP contribution >= 0.6 is 23.2 Å². The average Bonchev–Trinajstić information content (AvgIpc) is 1.82. The van der Waals surface area contributed by atoms with Gasteiger partial charge in [0, 0.05) is 0 Å². The van der Waals surface area contributed by atoms with Crippen molar-refractivity contribution in [2.45, 2.75) is 6.18 Å². The summed E-state index contributed by atoms with van der Waals surface area (Å²) in [6.45, 7) is 0. The van der Waals surface area contributed by atoms with Crippen LogP contribution in [-0.4, -0.2) is 9.97 Å². The van der Waals surface area contributed by atoms with Crippen LogP contribution in [-0.2, 0) is 6.18 Å².